The molecule has 0 aliphatic rings. The first-order valence-corrected chi connectivity index (χ1v) is 10.2. The molecule has 1 N–H and O–H groups in total. The quantitative estimate of drug-likeness (QED) is 0.473. The summed E-state index contributed by atoms with van der Waals surface area (Å²) in [6, 6.07) is 14.2. The zero-order valence-electron chi connectivity index (χ0n) is 17.2. The summed E-state index contributed by atoms with van der Waals surface area (Å²) in [6.45, 7) is 3.96. The maximum absolute atomic E-state index is 9.60. The molecule has 0 saturated carbocycles. The van der Waals surface area contributed by atoms with Crippen LogP contribution >= 0.6 is 11.8 Å². The second-order valence-corrected chi connectivity index (χ2v) is 8.07. The molecular formula is C23H21N5OS. The minimum Gasteiger partial charge on any atom is -0.496 e. The normalized spacial score (nSPS) is 10.8. The van der Waals surface area contributed by atoms with Crippen molar-refractivity contribution in [2.75, 3.05) is 12.4 Å². The summed E-state index contributed by atoms with van der Waals surface area (Å²) in [5.74, 6) is 0.763. The second kappa shape index (κ2) is 8.09. The number of rotatable bonds is 5. The Morgan fingerprint density at radius 1 is 1.17 bits per heavy atom. The Morgan fingerprint density at radius 2 is 1.93 bits per heavy atom. The first-order chi connectivity index (χ1) is 14.5. The molecule has 2 heterocycles. The Kier molecular flexibility index (Phi) is 5.34. The summed E-state index contributed by atoms with van der Waals surface area (Å²) >= 11 is 1.61. The van der Waals surface area contributed by atoms with E-state index in [0.717, 1.165) is 49.3 Å². The summed E-state index contributed by atoms with van der Waals surface area (Å²) in [6.07, 6.45) is 3.61. The number of methoxy groups -OCH3 is 1. The summed E-state index contributed by atoms with van der Waals surface area (Å²) in [4.78, 5) is 10.1. The fourth-order valence-electron chi connectivity index (χ4n) is 3.31. The highest BCUT2D eigenvalue weighted by Gasteiger charge is 2.12. The van der Waals surface area contributed by atoms with E-state index in [1.807, 2.05) is 68.1 Å². The van der Waals surface area contributed by atoms with Crippen LogP contribution in [0.25, 0.3) is 10.9 Å². The standard InChI is InChI=1S/C23H21N5OS/c1-14-9-20-19(10-21(14)29-4)22(16(11-24)12-25-20)27-17-5-7-18(8-6-17)30-23-26-15(2)13-28(23)3/h5-10,12-13H,1-4H3,(H,25,27). The van der Waals surface area contributed by atoms with Crippen LogP contribution in [0.2, 0.25) is 0 Å². The summed E-state index contributed by atoms with van der Waals surface area (Å²) in [7, 11) is 3.63. The summed E-state index contributed by atoms with van der Waals surface area (Å²) in [5, 5.41) is 14.8. The van der Waals surface area contributed by atoms with Gasteiger partial charge in [-0.15, -0.1) is 0 Å². The van der Waals surface area contributed by atoms with Crippen molar-refractivity contribution in [2.24, 2.45) is 7.05 Å². The number of aromatic nitrogens is 3. The van der Waals surface area contributed by atoms with Crippen molar-refractivity contribution in [1.82, 2.24) is 14.5 Å². The fourth-order valence-corrected chi connectivity index (χ4v) is 4.18. The summed E-state index contributed by atoms with van der Waals surface area (Å²) < 4.78 is 7.48. The monoisotopic (exact) mass is 415 g/mol. The predicted octanol–water partition coefficient (Wildman–Crippen LogP) is 5.36. The Hall–Kier alpha value is -3.50. The molecule has 0 bridgehead atoms. The molecule has 0 aliphatic carbocycles. The highest BCUT2D eigenvalue weighted by atomic mass is 32.2. The molecular weight excluding hydrogens is 394 g/mol. The minimum absolute atomic E-state index is 0.482. The fraction of sp³-hybridized carbons (Fsp3) is 0.174. The van der Waals surface area contributed by atoms with E-state index in [-0.39, 0.29) is 0 Å². The molecule has 0 radical (unpaired) electrons. The number of hydrogen-bond acceptors (Lipinski definition) is 6. The van der Waals surface area contributed by atoms with Gasteiger partial charge in [-0.2, -0.15) is 5.26 Å². The maximum atomic E-state index is 9.60. The number of ether oxygens (including phenoxy) is 1. The number of imidazole rings is 1. The first kappa shape index (κ1) is 19.8. The number of hydrogen-bond donors (Lipinski definition) is 1. The average Bonchev–Trinajstić information content (AvgIpc) is 3.05. The molecule has 4 rings (SSSR count). The number of nitrogens with zero attached hydrogens (tertiary/aromatic N) is 4. The van der Waals surface area contributed by atoms with Crippen LogP contribution in [0.5, 0.6) is 5.75 Å². The van der Waals surface area contributed by atoms with Gasteiger partial charge in [0, 0.05) is 35.4 Å². The Bertz CT molecular complexity index is 1270. The van der Waals surface area contributed by atoms with Crippen LogP contribution < -0.4 is 10.1 Å². The van der Waals surface area contributed by atoms with Gasteiger partial charge in [0.05, 0.1) is 29.6 Å². The lowest BCUT2D eigenvalue weighted by molar-refractivity contribution is 0.412. The Morgan fingerprint density at radius 3 is 2.57 bits per heavy atom. The Labute approximate surface area is 179 Å². The topological polar surface area (TPSA) is 75.8 Å². The molecule has 150 valence electrons. The van der Waals surface area contributed by atoms with Gasteiger partial charge < -0.3 is 14.6 Å². The zero-order valence-corrected chi connectivity index (χ0v) is 18.0. The molecule has 0 spiro atoms. The van der Waals surface area contributed by atoms with Crippen LogP contribution in [0.15, 0.2) is 58.8 Å². The van der Waals surface area contributed by atoms with Crippen molar-refractivity contribution in [3.63, 3.8) is 0 Å². The number of benzene rings is 2. The molecule has 2 aromatic carbocycles. The largest absolute Gasteiger partial charge is 0.496 e. The van der Waals surface area contributed by atoms with Gasteiger partial charge in [-0.05, 0) is 55.8 Å². The smallest absolute Gasteiger partial charge is 0.172 e. The number of nitrogens with one attached hydrogen (secondary N) is 1. The van der Waals surface area contributed by atoms with Crippen molar-refractivity contribution in [3.8, 4) is 11.8 Å². The van der Waals surface area contributed by atoms with Crippen molar-refractivity contribution < 1.29 is 4.74 Å². The van der Waals surface area contributed by atoms with Crippen LogP contribution in [0.4, 0.5) is 11.4 Å². The summed E-state index contributed by atoms with van der Waals surface area (Å²) in [5.41, 5.74) is 4.90. The van der Waals surface area contributed by atoms with Gasteiger partial charge in [-0.3, -0.25) is 4.98 Å². The van der Waals surface area contributed by atoms with E-state index in [1.54, 1.807) is 25.1 Å². The van der Waals surface area contributed by atoms with Gasteiger partial charge in [-0.25, -0.2) is 4.98 Å². The van der Waals surface area contributed by atoms with Gasteiger partial charge in [0.25, 0.3) is 0 Å². The molecule has 30 heavy (non-hydrogen) atoms. The van der Waals surface area contributed by atoms with Crippen molar-refractivity contribution in [3.05, 3.63) is 65.6 Å². The second-order valence-electron chi connectivity index (χ2n) is 7.02. The van der Waals surface area contributed by atoms with Crippen molar-refractivity contribution in [1.29, 1.82) is 5.26 Å². The highest BCUT2D eigenvalue weighted by Crippen LogP contribution is 2.34. The van der Waals surface area contributed by atoms with Crippen LogP contribution in [-0.4, -0.2) is 21.6 Å². The van der Waals surface area contributed by atoms with Gasteiger partial charge in [0.1, 0.15) is 11.8 Å². The van der Waals surface area contributed by atoms with E-state index in [9.17, 15) is 5.26 Å². The highest BCUT2D eigenvalue weighted by molar-refractivity contribution is 7.99. The van der Waals surface area contributed by atoms with Crippen LogP contribution in [0, 0.1) is 25.2 Å². The van der Waals surface area contributed by atoms with Crippen LogP contribution in [-0.2, 0) is 7.05 Å². The molecule has 0 unspecified atom stereocenters. The third kappa shape index (κ3) is 3.82. The molecule has 7 heteroatoms. The van der Waals surface area contributed by atoms with E-state index in [0.29, 0.717) is 5.56 Å². The van der Waals surface area contributed by atoms with E-state index >= 15 is 0 Å². The third-order valence-corrected chi connectivity index (χ3v) is 5.86. The van der Waals surface area contributed by atoms with Crippen molar-refractivity contribution >= 4 is 34.0 Å². The molecule has 2 aromatic heterocycles. The van der Waals surface area contributed by atoms with Gasteiger partial charge in [0.15, 0.2) is 5.16 Å². The predicted molar refractivity (Wildman–Crippen MR) is 120 cm³/mol. The maximum Gasteiger partial charge on any atom is 0.172 e. The SMILES string of the molecule is COc1cc2c(Nc3ccc(Sc4nc(C)cn4C)cc3)c(C#N)cnc2cc1C. The zero-order chi connectivity index (χ0) is 21.3. The Balaban J connectivity index is 1.66. The lowest BCUT2D eigenvalue weighted by atomic mass is 10.1. The molecule has 6 nitrogen and oxygen atoms in total. The molecule has 0 aliphatic heterocycles. The third-order valence-electron chi connectivity index (χ3n) is 4.79. The van der Waals surface area contributed by atoms with Gasteiger partial charge in [-0.1, -0.05) is 11.8 Å². The van der Waals surface area contributed by atoms with Crippen molar-refractivity contribution in [2.45, 2.75) is 23.9 Å². The number of nitriles is 1. The number of pyridine rings is 1. The van der Waals surface area contributed by atoms with Gasteiger partial charge >= 0.3 is 0 Å². The molecule has 0 fully saturated rings. The molecule has 0 amide bonds. The van der Waals surface area contributed by atoms with Crippen LogP contribution in [0.1, 0.15) is 16.8 Å². The molecule has 0 atom stereocenters. The number of fused-ring (bicyclic) bond motifs is 1. The number of anilines is 2. The molecule has 4 aromatic rings. The number of aryl methyl sites for hydroxylation is 3. The molecule has 0 saturated heterocycles. The lowest BCUT2D eigenvalue weighted by Crippen LogP contribution is -1.98. The van der Waals surface area contributed by atoms with Gasteiger partial charge in [0.2, 0.25) is 0 Å². The van der Waals surface area contributed by atoms with E-state index < -0.39 is 0 Å². The average molecular weight is 416 g/mol. The minimum atomic E-state index is 0.482. The lowest BCUT2D eigenvalue weighted by Gasteiger charge is -2.14. The van der Waals surface area contributed by atoms with Crippen LogP contribution in [0.3, 0.4) is 0 Å². The first-order valence-electron chi connectivity index (χ1n) is 9.41. The van der Waals surface area contributed by atoms with E-state index in [2.05, 4.69) is 21.4 Å². The van der Waals surface area contributed by atoms with E-state index in [4.69, 9.17) is 4.74 Å². The van der Waals surface area contributed by atoms with E-state index in [1.165, 1.54) is 0 Å².